The molecule has 1 aliphatic heterocycles. The highest BCUT2D eigenvalue weighted by atomic mass is 16.5. The molecular formula is C20H19NO4. The average molecular weight is 337 g/mol. The summed E-state index contributed by atoms with van der Waals surface area (Å²) in [6.45, 7) is 1.97. The van der Waals surface area contributed by atoms with Crippen LogP contribution in [0.4, 0.5) is 0 Å². The molecule has 0 saturated carbocycles. The molecule has 128 valence electrons. The van der Waals surface area contributed by atoms with E-state index in [-0.39, 0.29) is 36.9 Å². The fraction of sp³-hybridized carbons (Fsp3) is 0.250. The van der Waals surface area contributed by atoms with E-state index in [0.717, 1.165) is 10.5 Å². The van der Waals surface area contributed by atoms with Crippen molar-refractivity contribution in [1.29, 1.82) is 0 Å². The summed E-state index contributed by atoms with van der Waals surface area (Å²) in [4.78, 5) is 38.0. The van der Waals surface area contributed by atoms with Gasteiger partial charge in [-0.1, -0.05) is 49.4 Å². The molecule has 1 heterocycles. The van der Waals surface area contributed by atoms with Gasteiger partial charge < -0.3 is 4.74 Å². The summed E-state index contributed by atoms with van der Waals surface area (Å²) in [6.07, 6.45) is 0.621. The number of carbonyl (C=O) groups is 3. The second-order valence-corrected chi connectivity index (χ2v) is 5.85. The lowest BCUT2D eigenvalue weighted by molar-refractivity contribution is -0.145. The van der Waals surface area contributed by atoms with Gasteiger partial charge >= 0.3 is 5.97 Å². The van der Waals surface area contributed by atoms with Crippen LogP contribution in [0.15, 0.2) is 54.6 Å². The van der Waals surface area contributed by atoms with Crippen LogP contribution in [0.5, 0.6) is 0 Å². The molecule has 5 nitrogen and oxygen atoms in total. The summed E-state index contributed by atoms with van der Waals surface area (Å²) in [5.41, 5.74) is 1.69. The second-order valence-electron chi connectivity index (χ2n) is 5.85. The second kappa shape index (κ2) is 7.30. The predicted octanol–water partition coefficient (Wildman–Crippen LogP) is 3.02. The molecule has 25 heavy (non-hydrogen) atoms. The Bertz CT molecular complexity index is 765. The molecule has 2 amide bonds. The Morgan fingerprint density at radius 1 is 0.960 bits per heavy atom. The molecule has 0 radical (unpaired) electrons. The Morgan fingerprint density at radius 3 is 2.08 bits per heavy atom. The number of hydrogen-bond donors (Lipinski definition) is 0. The molecule has 5 heteroatoms. The van der Waals surface area contributed by atoms with Crippen molar-refractivity contribution in [2.24, 2.45) is 0 Å². The molecule has 0 aliphatic carbocycles. The minimum absolute atomic E-state index is 0.00631. The highest BCUT2D eigenvalue weighted by Crippen LogP contribution is 2.23. The van der Waals surface area contributed by atoms with Gasteiger partial charge in [0.15, 0.2) is 0 Å². The summed E-state index contributed by atoms with van der Waals surface area (Å²) in [5, 5.41) is 0. The molecule has 2 aromatic carbocycles. The van der Waals surface area contributed by atoms with E-state index in [1.807, 2.05) is 37.3 Å². The van der Waals surface area contributed by atoms with E-state index in [1.165, 1.54) is 0 Å². The first-order chi connectivity index (χ1) is 12.1. The molecule has 0 aromatic heterocycles. The van der Waals surface area contributed by atoms with E-state index < -0.39 is 0 Å². The van der Waals surface area contributed by atoms with Crippen LogP contribution in [0.25, 0.3) is 0 Å². The van der Waals surface area contributed by atoms with E-state index in [0.29, 0.717) is 17.5 Å². The quantitative estimate of drug-likeness (QED) is 0.600. The minimum Gasteiger partial charge on any atom is -0.463 e. The molecule has 2 aromatic rings. The van der Waals surface area contributed by atoms with Crippen LogP contribution in [-0.2, 0) is 9.53 Å². The van der Waals surface area contributed by atoms with Gasteiger partial charge in [-0.05, 0) is 24.1 Å². The van der Waals surface area contributed by atoms with Crippen LogP contribution in [0.3, 0.4) is 0 Å². The topological polar surface area (TPSA) is 63.7 Å². The fourth-order valence-electron chi connectivity index (χ4n) is 3.00. The molecule has 0 unspecified atom stereocenters. The maximum absolute atomic E-state index is 12.3. The molecule has 0 spiro atoms. The first-order valence-electron chi connectivity index (χ1n) is 8.30. The summed E-state index contributed by atoms with van der Waals surface area (Å²) < 4.78 is 5.32. The van der Waals surface area contributed by atoms with Gasteiger partial charge in [-0.3, -0.25) is 19.3 Å². The summed E-state index contributed by atoms with van der Waals surface area (Å²) >= 11 is 0. The molecular weight excluding hydrogens is 318 g/mol. The standard InChI is InChI=1S/C20H19NO4/c1-2-15(14-8-4-3-5-9-14)20(24)25-13-12-21-18(22)16-10-6-7-11-17(16)19(21)23/h3-11,15H,2,12-13H2,1H3/t15-/m1/s1. The first kappa shape index (κ1) is 16.9. The van der Waals surface area contributed by atoms with E-state index in [4.69, 9.17) is 4.74 Å². The van der Waals surface area contributed by atoms with Gasteiger partial charge in [-0.15, -0.1) is 0 Å². The van der Waals surface area contributed by atoms with Gasteiger partial charge in [0.05, 0.1) is 23.6 Å². The van der Waals surface area contributed by atoms with Crippen molar-refractivity contribution in [3.8, 4) is 0 Å². The van der Waals surface area contributed by atoms with Crippen molar-refractivity contribution >= 4 is 17.8 Å². The normalized spacial score (nSPS) is 14.4. The molecule has 0 saturated heterocycles. The number of amides is 2. The minimum atomic E-state index is -0.344. The number of carbonyl (C=O) groups excluding carboxylic acids is 3. The van der Waals surface area contributed by atoms with Gasteiger partial charge in [-0.2, -0.15) is 0 Å². The van der Waals surface area contributed by atoms with Gasteiger partial charge in [0, 0.05) is 0 Å². The molecule has 3 rings (SSSR count). The van der Waals surface area contributed by atoms with Crippen LogP contribution in [-0.4, -0.2) is 35.8 Å². The van der Waals surface area contributed by atoms with Crippen LogP contribution in [0, 0.1) is 0 Å². The molecule has 0 fully saturated rings. The molecule has 1 aliphatic rings. The Hall–Kier alpha value is -2.95. The van der Waals surface area contributed by atoms with E-state index in [9.17, 15) is 14.4 Å². The molecule has 1 atom stereocenters. The molecule has 0 N–H and O–H groups in total. The number of esters is 1. The maximum atomic E-state index is 12.3. The van der Waals surface area contributed by atoms with Gasteiger partial charge in [0.25, 0.3) is 11.8 Å². The Balaban J connectivity index is 1.59. The average Bonchev–Trinajstić information content (AvgIpc) is 2.88. The van der Waals surface area contributed by atoms with Crippen molar-refractivity contribution in [3.63, 3.8) is 0 Å². The molecule has 0 bridgehead atoms. The third-order valence-corrected chi connectivity index (χ3v) is 4.33. The summed E-state index contributed by atoms with van der Waals surface area (Å²) in [7, 11) is 0. The van der Waals surface area contributed by atoms with Crippen molar-refractivity contribution in [2.45, 2.75) is 19.3 Å². The smallest absolute Gasteiger partial charge is 0.313 e. The number of nitrogens with zero attached hydrogens (tertiary/aromatic N) is 1. The van der Waals surface area contributed by atoms with Crippen LogP contribution in [0.1, 0.15) is 45.5 Å². The number of rotatable bonds is 6. The lowest BCUT2D eigenvalue weighted by atomic mass is 9.97. The van der Waals surface area contributed by atoms with Crippen molar-refractivity contribution in [3.05, 3.63) is 71.3 Å². The number of ether oxygens (including phenoxy) is 1. The highest BCUT2D eigenvalue weighted by molar-refractivity contribution is 6.21. The monoisotopic (exact) mass is 337 g/mol. The lowest BCUT2D eigenvalue weighted by Gasteiger charge is -2.17. The van der Waals surface area contributed by atoms with E-state index in [1.54, 1.807) is 24.3 Å². The third kappa shape index (κ3) is 3.31. The Labute approximate surface area is 146 Å². The number of benzene rings is 2. The fourth-order valence-corrected chi connectivity index (χ4v) is 3.00. The largest absolute Gasteiger partial charge is 0.463 e. The van der Waals surface area contributed by atoms with Gasteiger partial charge in [0.2, 0.25) is 0 Å². The van der Waals surface area contributed by atoms with E-state index >= 15 is 0 Å². The van der Waals surface area contributed by atoms with Crippen molar-refractivity contribution in [2.75, 3.05) is 13.2 Å². The number of hydrogen-bond acceptors (Lipinski definition) is 4. The SMILES string of the molecule is CC[C@@H](C(=O)OCCN1C(=O)c2ccccc2C1=O)c1ccccc1. The van der Waals surface area contributed by atoms with Crippen LogP contribution < -0.4 is 0 Å². The van der Waals surface area contributed by atoms with Crippen molar-refractivity contribution < 1.29 is 19.1 Å². The lowest BCUT2D eigenvalue weighted by Crippen LogP contribution is -2.34. The Morgan fingerprint density at radius 2 is 1.52 bits per heavy atom. The summed E-state index contributed by atoms with van der Waals surface area (Å²) in [6, 6.07) is 16.1. The zero-order chi connectivity index (χ0) is 17.8. The van der Waals surface area contributed by atoms with Gasteiger partial charge in [0.1, 0.15) is 6.61 Å². The maximum Gasteiger partial charge on any atom is 0.313 e. The zero-order valence-corrected chi connectivity index (χ0v) is 14.0. The third-order valence-electron chi connectivity index (χ3n) is 4.33. The Kier molecular flexibility index (Phi) is 4.93. The number of fused-ring (bicyclic) bond motifs is 1. The van der Waals surface area contributed by atoms with Crippen molar-refractivity contribution in [1.82, 2.24) is 4.90 Å². The van der Waals surface area contributed by atoms with E-state index in [2.05, 4.69) is 0 Å². The number of imide groups is 1. The summed E-state index contributed by atoms with van der Waals surface area (Å²) in [5.74, 6) is -1.37. The first-order valence-corrected chi connectivity index (χ1v) is 8.30. The van der Waals surface area contributed by atoms with Crippen LogP contribution >= 0.6 is 0 Å². The van der Waals surface area contributed by atoms with Crippen LogP contribution in [0.2, 0.25) is 0 Å². The predicted molar refractivity (Wildman–Crippen MR) is 92.2 cm³/mol. The zero-order valence-electron chi connectivity index (χ0n) is 14.0. The van der Waals surface area contributed by atoms with Gasteiger partial charge in [-0.25, -0.2) is 0 Å². The highest BCUT2D eigenvalue weighted by Gasteiger charge is 2.35.